The van der Waals surface area contributed by atoms with E-state index in [1.165, 1.54) is 0 Å². The van der Waals surface area contributed by atoms with Crippen molar-refractivity contribution in [3.8, 4) is 17.2 Å². The van der Waals surface area contributed by atoms with Gasteiger partial charge in [-0.25, -0.2) is 0 Å². The van der Waals surface area contributed by atoms with Crippen molar-refractivity contribution in [2.45, 2.75) is 31.7 Å². The number of carbonyl (C=O) groups excluding carboxylic acids is 1. The Kier molecular flexibility index (Phi) is 5.13. The Balaban J connectivity index is 1.40. The van der Waals surface area contributed by atoms with Gasteiger partial charge >= 0.3 is 0 Å². The number of para-hydroxylation sites is 2. The molecule has 0 aromatic heterocycles. The highest BCUT2D eigenvalue weighted by atomic mass is 16.7. The summed E-state index contributed by atoms with van der Waals surface area (Å²) in [5.74, 6) is 1.57. The number of benzene rings is 2. The van der Waals surface area contributed by atoms with Gasteiger partial charge in [0.1, 0.15) is 5.75 Å². The Morgan fingerprint density at radius 2 is 1.86 bits per heavy atom. The van der Waals surface area contributed by atoms with E-state index >= 15 is 0 Å². The van der Waals surface area contributed by atoms with Crippen molar-refractivity contribution in [1.29, 1.82) is 0 Å². The molecule has 6 heteroatoms. The Bertz CT molecular complexity index is 858. The van der Waals surface area contributed by atoms with Gasteiger partial charge in [0.05, 0.1) is 27.2 Å². The summed E-state index contributed by atoms with van der Waals surface area (Å²) in [5.41, 5.74) is 1.89. The van der Waals surface area contributed by atoms with Gasteiger partial charge in [-0.15, -0.1) is 0 Å². The molecular weight excluding hydrogens is 358 g/mol. The van der Waals surface area contributed by atoms with Crippen LogP contribution >= 0.6 is 0 Å². The molecule has 0 aliphatic carbocycles. The first-order valence-corrected chi connectivity index (χ1v) is 9.53. The zero-order chi connectivity index (χ0) is 19.6. The molecule has 1 amide bonds. The highest BCUT2D eigenvalue weighted by Gasteiger charge is 2.41. The van der Waals surface area contributed by atoms with Crippen LogP contribution in [0.5, 0.6) is 17.2 Å². The zero-order valence-corrected chi connectivity index (χ0v) is 16.3. The summed E-state index contributed by atoms with van der Waals surface area (Å²) in [4.78, 5) is 14.7. The van der Waals surface area contributed by atoms with E-state index in [0.717, 1.165) is 16.9 Å². The van der Waals surface area contributed by atoms with Gasteiger partial charge in [-0.2, -0.15) is 0 Å². The summed E-state index contributed by atoms with van der Waals surface area (Å²) in [6.07, 6.45) is 1.59. The summed E-state index contributed by atoms with van der Waals surface area (Å²) in [6.45, 7) is 1.76. The molecule has 2 aromatic rings. The summed E-state index contributed by atoms with van der Waals surface area (Å²) < 4.78 is 23.0. The maximum Gasteiger partial charge on any atom is 0.227 e. The lowest BCUT2D eigenvalue weighted by Gasteiger charge is -2.44. The second-order valence-electron chi connectivity index (χ2n) is 7.12. The number of likely N-dealkylation sites (tertiary alicyclic amines) is 1. The molecule has 1 spiro atoms. The fraction of sp³-hybridized carbons (Fsp3) is 0.409. The monoisotopic (exact) mass is 383 g/mol. The minimum atomic E-state index is -0.626. The summed E-state index contributed by atoms with van der Waals surface area (Å²) >= 11 is 0. The number of carbonyl (C=O) groups is 1. The summed E-state index contributed by atoms with van der Waals surface area (Å²) in [7, 11) is 3.18. The number of nitrogens with zero attached hydrogens (tertiary/aromatic N) is 1. The average Bonchev–Trinajstić information content (AvgIpc) is 2.74. The molecule has 0 N–H and O–H groups in total. The van der Waals surface area contributed by atoms with Gasteiger partial charge in [-0.3, -0.25) is 4.79 Å². The standard InChI is InChI=1S/C22H25NO5/c1-25-19-9-5-7-16(21(19)26-2)14-20(24)23-12-10-22(11-13-23)27-15-17-6-3-4-8-18(17)28-22/h3-9H,10-15H2,1-2H3. The number of piperidine rings is 1. The molecule has 0 bridgehead atoms. The third kappa shape index (κ3) is 3.52. The van der Waals surface area contributed by atoms with Crippen LogP contribution < -0.4 is 14.2 Å². The molecule has 2 aromatic carbocycles. The molecule has 0 unspecified atom stereocenters. The second-order valence-corrected chi connectivity index (χ2v) is 7.12. The Hall–Kier alpha value is -2.73. The lowest BCUT2D eigenvalue weighted by Crippen LogP contribution is -2.52. The topological polar surface area (TPSA) is 57.2 Å². The molecule has 2 aliphatic rings. The van der Waals surface area contributed by atoms with Crippen molar-refractivity contribution < 1.29 is 23.7 Å². The number of methoxy groups -OCH3 is 2. The van der Waals surface area contributed by atoms with Gasteiger partial charge in [0.2, 0.25) is 11.7 Å². The number of rotatable bonds is 4. The number of ether oxygens (including phenoxy) is 4. The van der Waals surface area contributed by atoms with E-state index in [4.69, 9.17) is 18.9 Å². The third-order valence-corrected chi connectivity index (χ3v) is 5.46. The first kappa shape index (κ1) is 18.6. The number of hydrogen-bond acceptors (Lipinski definition) is 5. The Morgan fingerprint density at radius 3 is 2.61 bits per heavy atom. The van der Waals surface area contributed by atoms with Crippen LogP contribution in [0.15, 0.2) is 42.5 Å². The van der Waals surface area contributed by atoms with Gasteiger partial charge in [-0.05, 0) is 12.1 Å². The maximum absolute atomic E-state index is 12.9. The minimum Gasteiger partial charge on any atom is -0.493 e. The fourth-order valence-electron chi connectivity index (χ4n) is 3.87. The first-order valence-electron chi connectivity index (χ1n) is 9.53. The Morgan fingerprint density at radius 1 is 1.07 bits per heavy atom. The van der Waals surface area contributed by atoms with Gasteiger partial charge in [-0.1, -0.05) is 30.3 Å². The van der Waals surface area contributed by atoms with Crippen LogP contribution in [0, 0.1) is 0 Å². The Labute approximate surface area is 165 Å². The van der Waals surface area contributed by atoms with Gasteiger partial charge in [0.15, 0.2) is 11.5 Å². The number of hydrogen-bond donors (Lipinski definition) is 0. The third-order valence-electron chi connectivity index (χ3n) is 5.46. The van der Waals surface area contributed by atoms with Crippen LogP contribution in [0.1, 0.15) is 24.0 Å². The van der Waals surface area contributed by atoms with Crippen molar-refractivity contribution in [2.75, 3.05) is 27.3 Å². The molecule has 28 heavy (non-hydrogen) atoms. The van der Waals surface area contributed by atoms with Crippen molar-refractivity contribution in [2.24, 2.45) is 0 Å². The lowest BCUT2D eigenvalue weighted by molar-refractivity contribution is -0.227. The predicted octanol–water partition coefficient (Wildman–Crippen LogP) is 3.17. The van der Waals surface area contributed by atoms with Gasteiger partial charge in [0.25, 0.3) is 0 Å². The van der Waals surface area contributed by atoms with Crippen molar-refractivity contribution in [3.05, 3.63) is 53.6 Å². The molecule has 0 radical (unpaired) electrons. The van der Waals surface area contributed by atoms with Gasteiger partial charge < -0.3 is 23.8 Å². The average molecular weight is 383 g/mol. The van der Waals surface area contributed by atoms with Crippen molar-refractivity contribution in [3.63, 3.8) is 0 Å². The number of fused-ring (bicyclic) bond motifs is 1. The predicted molar refractivity (Wildman–Crippen MR) is 104 cm³/mol. The normalized spacial score (nSPS) is 17.6. The smallest absolute Gasteiger partial charge is 0.227 e. The zero-order valence-electron chi connectivity index (χ0n) is 16.3. The van der Waals surface area contributed by atoms with Gasteiger partial charge in [0, 0.05) is 37.1 Å². The molecule has 0 atom stereocenters. The molecular formula is C22H25NO5. The summed E-state index contributed by atoms with van der Waals surface area (Å²) in [5, 5.41) is 0. The summed E-state index contributed by atoms with van der Waals surface area (Å²) in [6, 6.07) is 13.5. The second kappa shape index (κ2) is 7.72. The van der Waals surface area contributed by atoms with Crippen LogP contribution in [-0.2, 0) is 22.6 Å². The molecule has 2 heterocycles. The van der Waals surface area contributed by atoms with E-state index in [-0.39, 0.29) is 12.3 Å². The largest absolute Gasteiger partial charge is 0.493 e. The van der Waals surface area contributed by atoms with E-state index in [9.17, 15) is 4.79 Å². The highest BCUT2D eigenvalue weighted by molar-refractivity contribution is 5.80. The van der Waals surface area contributed by atoms with Crippen LogP contribution in [0.3, 0.4) is 0 Å². The van der Waals surface area contributed by atoms with Crippen molar-refractivity contribution >= 4 is 5.91 Å². The molecule has 0 saturated carbocycles. The molecule has 1 fully saturated rings. The van der Waals surface area contributed by atoms with E-state index in [2.05, 4.69) is 0 Å². The minimum absolute atomic E-state index is 0.0672. The van der Waals surface area contributed by atoms with Crippen LogP contribution in [-0.4, -0.2) is 43.9 Å². The quantitative estimate of drug-likeness (QED) is 0.812. The van der Waals surface area contributed by atoms with E-state index in [1.54, 1.807) is 14.2 Å². The molecule has 6 nitrogen and oxygen atoms in total. The van der Waals surface area contributed by atoms with E-state index in [0.29, 0.717) is 44.0 Å². The van der Waals surface area contributed by atoms with Crippen molar-refractivity contribution in [1.82, 2.24) is 4.90 Å². The van der Waals surface area contributed by atoms with E-state index < -0.39 is 5.79 Å². The van der Waals surface area contributed by atoms with Crippen LogP contribution in [0.2, 0.25) is 0 Å². The molecule has 148 valence electrons. The van der Waals surface area contributed by atoms with Crippen LogP contribution in [0.4, 0.5) is 0 Å². The lowest BCUT2D eigenvalue weighted by atomic mass is 10.00. The first-order chi connectivity index (χ1) is 13.6. The SMILES string of the molecule is COc1cccc(CC(=O)N2CCC3(CC2)OCc2ccccc2O3)c1OC. The molecule has 4 rings (SSSR count). The molecule has 2 aliphatic heterocycles. The van der Waals surface area contributed by atoms with Crippen LogP contribution in [0.25, 0.3) is 0 Å². The molecule has 1 saturated heterocycles. The fourth-order valence-corrected chi connectivity index (χ4v) is 3.87. The highest BCUT2D eigenvalue weighted by Crippen LogP contribution is 2.37. The van der Waals surface area contributed by atoms with E-state index in [1.807, 2.05) is 47.4 Å². The number of amides is 1. The maximum atomic E-state index is 12.9.